The van der Waals surface area contributed by atoms with E-state index in [2.05, 4.69) is 36.4 Å². The molecule has 1 aliphatic rings. The van der Waals surface area contributed by atoms with Gasteiger partial charge in [-0.3, -0.25) is 19.5 Å². The van der Waals surface area contributed by atoms with Crippen molar-refractivity contribution in [3.05, 3.63) is 35.4 Å². The average molecular weight is 458 g/mol. The van der Waals surface area contributed by atoms with Crippen molar-refractivity contribution in [2.75, 3.05) is 19.6 Å². The number of amides is 2. The van der Waals surface area contributed by atoms with Crippen molar-refractivity contribution in [1.82, 2.24) is 15.5 Å². The third-order valence-corrected chi connectivity index (χ3v) is 4.18. The number of benzene rings is 1. The number of carbonyl (C=O) groups excluding carboxylic acids is 2. The number of hydrogen-bond acceptors (Lipinski definition) is 3. The number of halogens is 1. The lowest BCUT2D eigenvalue weighted by Crippen LogP contribution is -2.44. The number of guanidine groups is 1. The van der Waals surface area contributed by atoms with Crippen LogP contribution in [0.2, 0.25) is 0 Å². The normalized spacial score (nSPS) is 15.1. The van der Waals surface area contributed by atoms with E-state index < -0.39 is 0 Å². The van der Waals surface area contributed by atoms with Gasteiger partial charge in [-0.15, -0.1) is 24.0 Å². The molecular weight excluding hydrogens is 431 g/mol. The number of aliphatic imine (C=N–C) groups is 1. The fraction of sp³-hybridized carbons (Fsp3) is 0.500. The lowest BCUT2D eigenvalue weighted by molar-refractivity contribution is 0.0659. The Labute approximate surface area is 166 Å². The summed E-state index contributed by atoms with van der Waals surface area (Å²) < 4.78 is 0. The first-order valence-corrected chi connectivity index (χ1v) is 8.45. The first-order chi connectivity index (χ1) is 11.5. The summed E-state index contributed by atoms with van der Waals surface area (Å²) in [5.41, 5.74) is 0.954. The Kier molecular flexibility index (Phi) is 8.34. The highest BCUT2D eigenvalue weighted by Crippen LogP contribution is 2.21. The van der Waals surface area contributed by atoms with Crippen LogP contribution in [0.3, 0.4) is 0 Å². The zero-order chi connectivity index (χ0) is 17.7. The van der Waals surface area contributed by atoms with Crippen molar-refractivity contribution >= 4 is 41.8 Å². The zero-order valence-corrected chi connectivity index (χ0v) is 17.5. The summed E-state index contributed by atoms with van der Waals surface area (Å²) in [5.74, 6) is 0.707. The van der Waals surface area contributed by atoms with E-state index in [0.717, 1.165) is 6.54 Å². The van der Waals surface area contributed by atoms with Crippen LogP contribution in [0.1, 0.15) is 48.4 Å². The van der Waals surface area contributed by atoms with E-state index >= 15 is 0 Å². The molecule has 6 nitrogen and oxygen atoms in total. The Balaban J connectivity index is 0.00000312. The fourth-order valence-corrected chi connectivity index (χ4v) is 2.41. The highest BCUT2D eigenvalue weighted by Gasteiger charge is 2.34. The van der Waals surface area contributed by atoms with Crippen LogP contribution in [0.15, 0.2) is 29.3 Å². The third-order valence-electron chi connectivity index (χ3n) is 4.18. The molecule has 1 heterocycles. The molecular formula is C18H27IN4O2. The van der Waals surface area contributed by atoms with Crippen molar-refractivity contribution in [2.24, 2.45) is 10.9 Å². The van der Waals surface area contributed by atoms with E-state index in [0.29, 0.717) is 29.5 Å². The van der Waals surface area contributed by atoms with Gasteiger partial charge in [0, 0.05) is 19.1 Å². The van der Waals surface area contributed by atoms with Crippen LogP contribution in [0, 0.1) is 5.92 Å². The molecule has 1 aromatic rings. The molecule has 0 spiro atoms. The SMILES string of the molecule is CCNC(=NCCN1C(=O)c2ccccc2C1=O)NC(C)C(C)C.I. The molecule has 1 aliphatic heterocycles. The van der Waals surface area contributed by atoms with E-state index in [4.69, 9.17) is 0 Å². The number of fused-ring (bicyclic) bond motifs is 1. The summed E-state index contributed by atoms with van der Waals surface area (Å²) in [6, 6.07) is 7.20. The van der Waals surface area contributed by atoms with Crippen LogP contribution < -0.4 is 10.6 Å². The minimum absolute atomic E-state index is 0. The summed E-state index contributed by atoms with van der Waals surface area (Å²) in [7, 11) is 0. The number of rotatable bonds is 6. The molecule has 0 fully saturated rings. The minimum atomic E-state index is -0.237. The van der Waals surface area contributed by atoms with Gasteiger partial charge in [-0.2, -0.15) is 0 Å². The van der Waals surface area contributed by atoms with Gasteiger partial charge in [-0.05, 0) is 31.9 Å². The molecule has 7 heteroatoms. The van der Waals surface area contributed by atoms with Gasteiger partial charge in [0.15, 0.2) is 5.96 Å². The first kappa shape index (κ1) is 21.4. The molecule has 1 unspecified atom stereocenters. The molecule has 0 aliphatic carbocycles. The predicted octanol–water partition coefficient (Wildman–Crippen LogP) is 2.50. The Morgan fingerprint density at radius 2 is 1.68 bits per heavy atom. The molecule has 2 amide bonds. The van der Waals surface area contributed by atoms with E-state index in [-0.39, 0.29) is 48.4 Å². The van der Waals surface area contributed by atoms with Gasteiger partial charge in [0.05, 0.1) is 17.7 Å². The van der Waals surface area contributed by atoms with E-state index in [9.17, 15) is 9.59 Å². The van der Waals surface area contributed by atoms with E-state index in [1.165, 1.54) is 4.90 Å². The van der Waals surface area contributed by atoms with Crippen LogP contribution in [-0.4, -0.2) is 48.3 Å². The summed E-state index contributed by atoms with van der Waals surface area (Å²) in [6.45, 7) is 9.78. The van der Waals surface area contributed by atoms with E-state index in [1.54, 1.807) is 24.3 Å². The van der Waals surface area contributed by atoms with Crippen LogP contribution in [0.25, 0.3) is 0 Å². The summed E-state index contributed by atoms with van der Waals surface area (Å²) >= 11 is 0. The maximum Gasteiger partial charge on any atom is 0.261 e. The second-order valence-corrected chi connectivity index (χ2v) is 6.25. The van der Waals surface area contributed by atoms with Gasteiger partial charge in [-0.1, -0.05) is 26.0 Å². The molecule has 1 atom stereocenters. The predicted molar refractivity (Wildman–Crippen MR) is 111 cm³/mol. The van der Waals surface area contributed by atoms with Crippen molar-refractivity contribution in [2.45, 2.75) is 33.7 Å². The molecule has 138 valence electrons. The number of imide groups is 1. The van der Waals surface area contributed by atoms with Gasteiger partial charge < -0.3 is 10.6 Å². The maximum atomic E-state index is 12.3. The molecule has 0 saturated heterocycles. The summed E-state index contributed by atoms with van der Waals surface area (Å²) in [6.07, 6.45) is 0. The van der Waals surface area contributed by atoms with Crippen molar-refractivity contribution in [3.63, 3.8) is 0 Å². The molecule has 1 aromatic carbocycles. The van der Waals surface area contributed by atoms with E-state index in [1.807, 2.05) is 6.92 Å². The van der Waals surface area contributed by atoms with Crippen LogP contribution in [-0.2, 0) is 0 Å². The quantitative estimate of drug-likeness (QED) is 0.298. The Morgan fingerprint density at radius 3 is 2.16 bits per heavy atom. The molecule has 2 rings (SSSR count). The lowest BCUT2D eigenvalue weighted by atomic mass is 10.1. The van der Waals surface area contributed by atoms with Crippen molar-refractivity contribution in [1.29, 1.82) is 0 Å². The van der Waals surface area contributed by atoms with Crippen molar-refractivity contribution in [3.8, 4) is 0 Å². The van der Waals surface area contributed by atoms with Gasteiger partial charge in [-0.25, -0.2) is 0 Å². The molecule has 0 saturated carbocycles. The third kappa shape index (κ3) is 5.17. The van der Waals surface area contributed by atoms with Gasteiger partial charge in [0.1, 0.15) is 0 Å². The highest BCUT2D eigenvalue weighted by atomic mass is 127. The molecule has 0 aromatic heterocycles. The standard InChI is InChI=1S/C18H26N4O2.HI/c1-5-19-18(21-13(4)12(2)3)20-10-11-22-16(23)14-8-6-7-9-15(14)17(22)24;/h6-9,12-13H,5,10-11H2,1-4H3,(H2,19,20,21);1H. The van der Waals surface area contributed by atoms with Gasteiger partial charge in [0.25, 0.3) is 11.8 Å². The number of nitrogens with one attached hydrogen (secondary N) is 2. The van der Waals surface area contributed by atoms with Crippen LogP contribution in [0.4, 0.5) is 0 Å². The second kappa shape index (κ2) is 9.74. The first-order valence-electron chi connectivity index (χ1n) is 8.45. The smallest absolute Gasteiger partial charge is 0.261 e. The number of nitrogens with zero attached hydrogens (tertiary/aromatic N) is 2. The van der Waals surface area contributed by atoms with Crippen molar-refractivity contribution < 1.29 is 9.59 Å². The molecule has 0 bridgehead atoms. The monoisotopic (exact) mass is 458 g/mol. The van der Waals surface area contributed by atoms with Crippen LogP contribution >= 0.6 is 24.0 Å². The highest BCUT2D eigenvalue weighted by molar-refractivity contribution is 14.0. The zero-order valence-electron chi connectivity index (χ0n) is 15.2. The molecule has 25 heavy (non-hydrogen) atoms. The Morgan fingerprint density at radius 1 is 1.12 bits per heavy atom. The second-order valence-electron chi connectivity index (χ2n) is 6.25. The Bertz CT molecular complexity index is 611. The fourth-order valence-electron chi connectivity index (χ4n) is 2.41. The number of carbonyl (C=O) groups is 2. The largest absolute Gasteiger partial charge is 0.357 e. The van der Waals surface area contributed by atoms with Gasteiger partial charge in [0.2, 0.25) is 0 Å². The average Bonchev–Trinajstić information content (AvgIpc) is 2.80. The summed E-state index contributed by atoms with van der Waals surface area (Å²) in [4.78, 5) is 30.3. The lowest BCUT2D eigenvalue weighted by Gasteiger charge is -2.21. The topological polar surface area (TPSA) is 73.8 Å². The minimum Gasteiger partial charge on any atom is -0.357 e. The molecule has 0 radical (unpaired) electrons. The number of hydrogen-bond donors (Lipinski definition) is 2. The maximum absolute atomic E-state index is 12.3. The Hall–Kier alpha value is -1.64. The molecule has 2 N–H and O–H groups in total. The van der Waals surface area contributed by atoms with Gasteiger partial charge >= 0.3 is 0 Å². The summed E-state index contributed by atoms with van der Waals surface area (Å²) in [5, 5.41) is 6.52. The van der Waals surface area contributed by atoms with Crippen LogP contribution in [0.5, 0.6) is 0 Å².